The van der Waals surface area contributed by atoms with Crippen molar-refractivity contribution in [3.8, 4) is 0 Å². The Morgan fingerprint density at radius 1 is 1.11 bits per heavy atom. The lowest BCUT2D eigenvalue weighted by Crippen LogP contribution is -2.35. The molecule has 2 rings (SSSR count). The van der Waals surface area contributed by atoms with Crippen molar-refractivity contribution in [2.24, 2.45) is 0 Å². The number of carbonyl (C=O) groups is 2. The molecule has 1 atom stereocenters. The van der Waals surface area contributed by atoms with E-state index in [4.69, 9.17) is 4.74 Å². The molecule has 0 aliphatic rings. The van der Waals surface area contributed by atoms with Crippen LogP contribution in [0.25, 0.3) is 0 Å². The highest BCUT2D eigenvalue weighted by atomic mass is 32.2. The first-order valence-corrected chi connectivity index (χ1v) is 9.59. The number of anilines is 1. The van der Waals surface area contributed by atoms with Crippen molar-refractivity contribution in [1.82, 2.24) is 5.32 Å². The van der Waals surface area contributed by atoms with E-state index in [1.165, 1.54) is 31.2 Å². The molecule has 0 aliphatic heterocycles. The normalized spacial score (nSPS) is 12.1. The minimum atomic E-state index is -4.04. The van der Waals surface area contributed by atoms with E-state index >= 15 is 0 Å². The molecule has 0 aromatic heterocycles. The fraction of sp³-hybridized carbons (Fsp3) is 0.222. The maximum Gasteiger partial charge on any atom is 0.341 e. The summed E-state index contributed by atoms with van der Waals surface area (Å²) >= 11 is 0. The Morgan fingerprint density at radius 2 is 1.74 bits per heavy atom. The number of amides is 1. The van der Waals surface area contributed by atoms with E-state index in [2.05, 4.69) is 10.0 Å². The number of para-hydroxylation sites is 1. The van der Waals surface area contributed by atoms with E-state index in [-0.39, 0.29) is 16.1 Å². The highest BCUT2D eigenvalue weighted by Gasteiger charge is 2.22. The van der Waals surface area contributed by atoms with Gasteiger partial charge in [0, 0.05) is 6.54 Å². The summed E-state index contributed by atoms with van der Waals surface area (Å²) in [4.78, 5) is 23.9. The van der Waals surface area contributed by atoms with Crippen molar-refractivity contribution in [3.05, 3.63) is 59.9 Å². The summed E-state index contributed by atoms with van der Waals surface area (Å²) in [6.07, 6.45) is -1.04. The number of hydrogen-bond donors (Lipinski definition) is 2. The summed E-state index contributed by atoms with van der Waals surface area (Å²) in [5.41, 5.74) is -0.0748. The minimum absolute atomic E-state index is 0.0186. The van der Waals surface area contributed by atoms with Crippen LogP contribution in [-0.2, 0) is 19.6 Å². The van der Waals surface area contributed by atoms with Gasteiger partial charge in [0.25, 0.3) is 15.9 Å². The molecule has 0 radical (unpaired) electrons. The lowest BCUT2D eigenvalue weighted by atomic mass is 10.2. The lowest BCUT2D eigenvalue weighted by molar-refractivity contribution is -0.128. The van der Waals surface area contributed by atoms with Gasteiger partial charge in [0.05, 0.1) is 16.1 Å². The third-order valence-electron chi connectivity index (χ3n) is 3.52. The highest BCUT2D eigenvalue weighted by molar-refractivity contribution is 7.92. The van der Waals surface area contributed by atoms with Crippen molar-refractivity contribution in [1.29, 1.82) is 0 Å². The SMILES string of the molecule is CCNC(=O)[C@@H](C)OC(=O)c1ccccc1NS(=O)(=O)c1ccc(F)cc1. The van der Waals surface area contributed by atoms with Crippen LogP contribution in [0.3, 0.4) is 0 Å². The molecule has 2 N–H and O–H groups in total. The summed E-state index contributed by atoms with van der Waals surface area (Å²) in [7, 11) is -4.04. The number of esters is 1. The molecule has 0 saturated carbocycles. The first-order valence-electron chi connectivity index (χ1n) is 8.10. The third-order valence-corrected chi connectivity index (χ3v) is 4.90. The smallest absolute Gasteiger partial charge is 0.341 e. The molecular weight excluding hydrogens is 375 g/mol. The van der Waals surface area contributed by atoms with Gasteiger partial charge < -0.3 is 10.1 Å². The number of sulfonamides is 1. The topological polar surface area (TPSA) is 102 Å². The van der Waals surface area contributed by atoms with Crippen LogP contribution in [0.15, 0.2) is 53.4 Å². The Bertz CT molecular complexity index is 929. The summed E-state index contributed by atoms with van der Waals surface area (Å²) < 4.78 is 45.3. The van der Waals surface area contributed by atoms with Gasteiger partial charge in [-0.2, -0.15) is 0 Å². The van der Waals surface area contributed by atoms with Crippen LogP contribution in [-0.4, -0.2) is 32.9 Å². The lowest BCUT2D eigenvalue weighted by Gasteiger charge is -2.15. The van der Waals surface area contributed by atoms with E-state index < -0.39 is 33.8 Å². The molecule has 0 heterocycles. The Morgan fingerprint density at radius 3 is 2.37 bits per heavy atom. The number of carbonyl (C=O) groups excluding carboxylic acids is 2. The van der Waals surface area contributed by atoms with Gasteiger partial charge in [0.15, 0.2) is 6.10 Å². The Hall–Kier alpha value is -2.94. The van der Waals surface area contributed by atoms with Gasteiger partial charge in [0.1, 0.15) is 5.82 Å². The van der Waals surface area contributed by atoms with Crippen LogP contribution >= 0.6 is 0 Å². The maximum absolute atomic E-state index is 13.0. The molecule has 7 nitrogen and oxygen atoms in total. The number of rotatable bonds is 7. The monoisotopic (exact) mass is 394 g/mol. The second-order valence-electron chi connectivity index (χ2n) is 5.55. The predicted molar refractivity (Wildman–Crippen MR) is 97.2 cm³/mol. The van der Waals surface area contributed by atoms with Gasteiger partial charge >= 0.3 is 5.97 Å². The average molecular weight is 394 g/mol. The number of hydrogen-bond acceptors (Lipinski definition) is 5. The Balaban J connectivity index is 2.23. The standard InChI is InChI=1S/C18H19FN2O5S/c1-3-20-17(22)12(2)26-18(23)15-6-4-5-7-16(15)21-27(24,25)14-10-8-13(19)9-11-14/h4-12,21H,3H2,1-2H3,(H,20,22)/t12-/m1/s1. The molecule has 0 spiro atoms. The largest absolute Gasteiger partial charge is 0.449 e. The summed E-state index contributed by atoms with van der Waals surface area (Å²) in [5.74, 6) is -1.89. The number of likely N-dealkylation sites (N-methyl/N-ethyl adjacent to an activating group) is 1. The molecule has 0 aliphatic carbocycles. The third kappa shape index (κ3) is 5.27. The van der Waals surface area contributed by atoms with Gasteiger partial charge in [-0.1, -0.05) is 12.1 Å². The van der Waals surface area contributed by atoms with E-state index in [0.29, 0.717) is 6.54 Å². The number of benzene rings is 2. The van der Waals surface area contributed by atoms with Crippen LogP contribution in [0, 0.1) is 5.82 Å². The van der Waals surface area contributed by atoms with Crippen LogP contribution in [0.5, 0.6) is 0 Å². The minimum Gasteiger partial charge on any atom is -0.449 e. The van der Waals surface area contributed by atoms with Crippen LogP contribution in [0.4, 0.5) is 10.1 Å². The van der Waals surface area contributed by atoms with Crippen molar-refractivity contribution in [3.63, 3.8) is 0 Å². The summed E-state index contributed by atoms with van der Waals surface area (Å²) in [6.45, 7) is 3.52. The molecule has 0 unspecified atom stereocenters. The number of nitrogens with one attached hydrogen (secondary N) is 2. The van der Waals surface area contributed by atoms with Gasteiger partial charge in [0.2, 0.25) is 0 Å². The van der Waals surface area contributed by atoms with Crippen LogP contribution < -0.4 is 10.0 Å². The molecule has 9 heteroatoms. The van der Waals surface area contributed by atoms with E-state index in [0.717, 1.165) is 24.3 Å². The molecule has 2 aromatic rings. The van der Waals surface area contributed by atoms with Crippen molar-refractivity contribution in [2.75, 3.05) is 11.3 Å². The zero-order chi connectivity index (χ0) is 20.0. The van der Waals surface area contributed by atoms with Crippen molar-refractivity contribution >= 4 is 27.6 Å². The molecule has 2 aromatic carbocycles. The van der Waals surface area contributed by atoms with Gasteiger partial charge in [-0.25, -0.2) is 17.6 Å². The second kappa shape index (κ2) is 8.63. The maximum atomic E-state index is 13.0. The average Bonchev–Trinajstić information content (AvgIpc) is 2.62. The first kappa shape index (κ1) is 20.4. The predicted octanol–water partition coefficient (Wildman–Crippen LogP) is 2.31. The van der Waals surface area contributed by atoms with Gasteiger partial charge in [-0.05, 0) is 50.2 Å². The van der Waals surface area contributed by atoms with Crippen LogP contribution in [0.1, 0.15) is 24.2 Å². The molecule has 0 saturated heterocycles. The molecule has 0 bridgehead atoms. The Labute approximate surface area is 156 Å². The van der Waals surface area contributed by atoms with E-state index in [1.807, 2.05) is 0 Å². The van der Waals surface area contributed by atoms with E-state index in [1.54, 1.807) is 6.92 Å². The van der Waals surface area contributed by atoms with Crippen LogP contribution in [0.2, 0.25) is 0 Å². The molecular formula is C18H19FN2O5S. The van der Waals surface area contributed by atoms with Gasteiger partial charge in [-0.15, -0.1) is 0 Å². The van der Waals surface area contributed by atoms with Gasteiger partial charge in [-0.3, -0.25) is 9.52 Å². The zero-order valence-corrected chi connectivity index (χ0v) is 15.5. The number of ether oxygens (including phenoxy) is 1. The highest BCUT2D eigenvalue weighted by Crippen LogP contribution is 2.21. The molecule has 0 fully saturated rings. The molecule has 27 heavy (non-hydrogen) atoms. The first-order chi connectivity index (χ1) is 12.7. The summed E-state index contributed by atoms with van der Waals surface area (Å²) in [6, 6.07) is 10.1. The zero-order valence-electron chi connectivity index (χ0n) is 14.7. The van der Waals surface area contributed by atoms with Crippen molar-refractivity contribution in [2.45, 2.75) is 24.8 Å². The Kier molecular flexibility index (Phi) is 6.51. The fourth-order valence-electron chi connectivity index (χ4n) is 2.16. The van der Waals surface area contributed by atoms with E-state index in [9.17, 15) is 22.4 Å². The van der Waals surface area contributed by atoms with Crippen molar-refractivity contribution < 1.29 is 27.1 Å². The summed E-state index contributed by atoms with van der Waals surface area (Å²) in [5, 5.41) is 2.52. The quantitative estimate of drug-likeness (QED) is 0.702. The molecule has 144 valence electrons. The molecule has 1 amide bonds. The second-order valence-corrected chi connectivity index (χ2v) is 7.23. The number of halogens is 1. The fourth-order valence-corrected chi connectivity index (χ4v) is 3.24.